The number of carbonyl (C=O) groups excluding carboxylic acids is 2. The van der Waals surface area contributed by atoms with Crippen LogP contribution < -0.4 is 20.3 Å². The molecule has 1 unspecified atom stereocenters. The maximum absolute atomic E-state index is 12.3. The molecular formula is C19H29N4O3+. The van der Waals surface area contributed by atoms with E-state index in [1.165, 1.54) is 0 Å². The average molecular weight is 361 g/mol. The summed E-state index contributed by atoms with van der Waals surface area (Å²) in [4.78, 5) is 25.4. The van der Waals surface area contributed by atoms with Crippen molar-refractivity contribution in [3.63, 3.8) is 0 Å². The predicted octanol–water partition coefficient (Wildman–Crippen LogP) is 0.593. The minimum Gasteiger partial charge on any atom is -0.497 e. The molecule has 0 radical (unpaired) electrons. The molecule has 2 amide bonds. The molecule has 142 valence electrons. The van der Waals surface area contributed by atoms with Crippen LogP contribution in [0.3, 0.4) is 0 Å². The zero-order valence-electron chi connectivity index (χ0n) is 16.2. The van der Waals surface area contributed by atoms with Gasteiger partial charge in [-0.1, -0.05) is 19.9 Å². The summed E-state index contributed by atoms with van der Waals surface area (Å²) in [5.41, 5.74) is -0.273. The molecule has 0 bridgehead atoms. The summed E-state index contributed by atoms with van der Waals surface area (Å²) < 4.78 is 5.13. The normalized spacial score (nSPS) is 14.0. The Bertz CT molecular complexity index is 669. The Morgan fingerprint density at radius 3 is 2.50 bits per heavy atom. The first-order valence-electron chi connectivity index (χ1n) is 8.73. The van der Waals surface area contributed by atoms with Gasteiger partial charge in [0.15, 0.2) is 13.1 Å². The van der Waals surface area contributed by atoms with E-state index in [1.807, 2.05) is 20.8 Å². The Morgan fingerprint density at radius 2 is 1.96 bits per heavy atom. The lowest BCUT2D eigenvalue weighted by molar-refractivity contribution is -0.881. The number of nitrogens with one attached hydrogen (secondary N) is 3. The summed E-state index contributed by atoms with van der Waals surface area (Å²) in [6, 6.07) is 9.25. The first-order valence-corrected chi connectivity index (χ1v) is 8.73. The van der Waals surface area contributed by atoms with E-state index in [2.05, 4.69) is 16.7 Å². The van der Waals surface area contributed by atoms with E-state index in [4.69, 9.17) is 4.74 Å². The van der Waals surface area contributed by atoms with Crippen LogP contribution in [-0.2, 0) is 9.59 Å². The number of hydrogen-bond acceptors (Lipinski definition) is 4. The lowest BCUT2D eigenvalue weighted by Gasteiger charge is -2.28. The van der Waals surface area contributed by atoms with Crippen molar-refractivity contribution in [1.29, 1.82) is 5.26 Å². The van der Waals surface area contributed by atoms with Crippen molar-refractivity contribution < 1.29 is 19.2 Å². The number of benzene rings is 1. The maximum Gasteiger partial charge on any atom is 0.279 e. The first-order chi connectivity index (χ1) is 12.2. The molecule has 7 nitrogen and oxygen atoms in total. The lowest BCUT2D eigenvalue weighted by atomic mass is 9.90. The number of amides is 2. The second-order valence-electron chi connectivity index (χ2n) is 6.75. The van der Waals surface area contributed by atoms with Gasteiger partial charge in [0.25, 0.3) is 11.8 Å². The van der Waals surface area contributed by atoms with E-state index in [-0.39, 0.29) is 30.8 Å². The van der Waals surface area contributed by atoms with Crippen LogP contribution in [0.2, 0.25) is 0 Å². The van der Waals surface area contributed by atoms with Gasteiger partial charge in [0, 0.05) is 11.8 Å². The third-order valence-corrected chi connectivity index (χ3v) is 4.46. The largest absolute Gasteiger partial charge is 0.497 e. The average Bonchev–Trinajstić information content (AvgIpc) is 2.60. The third kappa shape index (κ3) is 6.37. The number of hydrogen-bond donors (Lipinski definition) is 3. The fourth-order valence-corrected chi connectivity index (χ4v) is 2.31. The number of ether oxygens (including phenoxy) is 1. The van der Waals surface area contributed by atoms with Gasteiger partial charge in [-0.25, -0.2) is 0 Å². The van der Waals surface area contributed by atoms with Gasteiger partial charge in [0.2, 0.25) is 0 Å². The second-order valence-corrected chi connectivity index (χ2v) is 6.75. The zero-order chi connectivity index (χ0) is 19.7. The van der Waals surface area contributed by atoms with Crippen molar-refractivity contribution in [2.24, 2.45) is 5.92 Å². The highest BCUT2D eigenvalue weighted by Crippen LogP contribution is 2.16. The molecule has 1 rings (SSSR count). The number of carbonyl (C=O) groups is 2. The predicted molar refractivity (Wildman–Crippen MR) is 99.9 cm³/mol. The van der Waals surface area contributed by atoms with Gasteiger partial charge in [-0.3, -0.25) is 9.59 Å². The molecule has 0 heterocycles. The molecule has 0 aliphatic carbocycles. The molecule has 0 saturated heterocycles. The first kappa shape index (κ1) is 21.5. The molecule has 0 saturated carbocycles. The Kier molecular flexibility index (Phi) is 8.07. The second kappa shape index (κ2) is 9.78. The van der Waals surface area contributed by atoms with Crippen molar-refractivity contribution in [3.05, 3.63) is 24.3 Å². The molecule has 0 aromatic heterocycles. The van der Waals surface area contributed by atoms with Crippen molar-refractivity contribution >= 4 is 17.5 Å². The van der Waals surface area contributed by atoms with E-state index in [0.717, 1.165) is 4.90 Å². The SMILES string of the molecule is CC[NH+](CC(=O)Nc1cccc(OC)c1)CC(=O)N[C@@](C)(C#N)C(C)C. The molecule has 0 spiro atoms. The van der Waals surface area contributed by atoms with Crippen molar-refractivity contribution in [3.8, 4) is 11.8 Å². The molecule has 0 aliphatic rings. The van der Waals surface area contributed by atoms with Crippen LogP contribution in [0.5, 0.6) is 5.75 Å². The molecule has 1 aromatic rings. The van der Waals surface area contributed by atoms with E-state index >= 15 is 0 Å². The highest BCUT2D eigenvalue weighted by Gasteiger charge is 2.31. The summed E-state index contributed by atoms with van der Waals surface area (Å²) in [7, 11) is 1.56. The van der Waals surface area contributed by atoms with E-state index in [1.54, 1.807) is 38.3 Å². The molecule has 1 aromatic carbocycles. The standard InChI is InChI=1S/C19H28N4O3/c1-6-23(12-18(25)22-19(4,13-20)14(2)3)11-17(24)21-15-8-7-9-16(10-15)26-5/h7-10,14H,6,11-12H2,1-5H3,(H,21,24)(H,22,25)/p+1/t19-/m0/s1. The summed E-state index contributed by atoms with van der Waals surface area (Å²) in [6.45, 7) is 8.29. The summed E-state index contributed by atoms with van der Waals surface area (Å²) in [6.07, 6.45) is 0. The monoisotopic (exact) mass is 361 g/mol. The van der Waals surface area contributed by atoms with Crippen LogP contribution in [-0.4, -0.2) is 44.1 Å². The van der Waals surface area contributed by atoms with Crippen LogP contribution in [0.25, 0.3) is 0 Å². The lowest BCUT2D eigenvalue weighted by Crippen LogP contribution is -3.14. The van der Waals surface area contributed by atoms with Crippen LogP contribution in [0.1, 0.15) is 27.7 Å². The van der Waals surface area contributed by atoms with Crippen LogP contribution in [0, 0.1) is 17.2 Å². The number of anilines is 1. The van der Waals surface area contributed by atoms with Gasteiger partial charge in [-0.15, -0.1) is 0 Å². The Labute approximate surface area is 155 Å². The van der Waals surface area contributed by atoms with E-state index in [0.29, 0.717) is 18.0 Å². The molecule has 3 N–H and O–H groups in total. The highest BCUT2D eigenvalue weighted by molar-refractivity contribution is 5.91. The third-order valence-electron chi connectivity index (χ3n) is 4.46. The minimum atomic E-state index is -0.918. The Morgan fingerprint density at radius 1 is 1.31 bits per heavy atom. The van der Waals surface area contributed by atoms with Crippen LogP contribution in [0.4, 0.5) is 5.69 Å². The molecule has 0 fully saturated rings. The quantitative estimate of drug-likeness (QED) is 0.600. The van der Waals surface area contributed by atoms with Gasteiger partial charge in [-0.2, -0.15) is 5.26 Å². The van der Waals surface area contributed by atoms with Gasteiger partial charge < -0.3 is 20.3 Å². The maximum atomic E-state index is 12.3. The van der Waals surface area contributed by atoms with Gasteiger partial charge in [-0.05, 0) is 31.9 Å². The van der Waals surface area contributed by atoms with Crippen molar-refractivity contribution in [2.45, 2.75) is 33.2 Å². The smallest absolute Gasteiger partial charge is 0.279 e. The number of quaternary nitrogens is 1. The topological polar surface area (TPSA) is 95.7 Å². The summed E-state index contributed by atoms with van der Waals surface area (Å²) >= 11 is 0. The molecular weight excluding hydrogens is 332 g/mol. The fraction of sp³-hybridized carbons (Fsp3) is 0.526. The van der Waals surface area contributed by atoms with Gasteiger partial charge in [0.1, 0.15) is 11.3 Å². The fourth-order valence-electron chi connectivity index (χ4n) is 2.31. The minimum absolute atomic E-state index is 0.0158. The van der Waals surface area contributed by atoms with Gasteiger partial charge in [0.05, 0.1) is 19.7 Å². The van der Waals surface area contributed by atoms with Crippen LogP contribution in [0.15, 0.2) is 24.3 Å². The van der Waals surface area contributed by atoms with Gasteiger partial charge >= 0.3 is 0 Å². The molecule has 7 heteroatoms. The highest BCUT2D eigenvalue weighted by atomic mass is 16.5. The number of nitrogens with zero attached hydrogens (tertiary/aromatic N) is 1. The molecule has 26 heavy (non-hydrogen) atoms. The van der Waals surface area contributed by atoms with Crippen molar-refractivity contribution in [1.82, 2.24) is 5.32 Å². The van der Waals surface area contributed by atoms with E-state index in [9.17, 15) is 14.9 Å². The molecule has 0 aliphatic heterocycles. The molecule has 2 atom stereocenters. The number of methoxy groups -OCH3 is 1. The summed E-state index contributed by atoms with van der Waals surface area (Å²) in [5, 5.41) is 14.9. The number of nitriles is 1. The Hall–Kier alpha value is -2.59. The zero-order valence-corrected chi connectivity index (χ0v) is 16.2. The number of rotatable bonds is 9. The Balaban J connectivity index is 2.62. The van der Waals surface area contributed by atoms with E-state index < -0.39 is 5.54 Å². The van der Waals surface area contributed by atoms with Crippen molar-refractivity contribution in [2.75, 3.05) is 32.1 Å². The van der Waals surface area contributed by atoms with Crippen LogP contribution >= 0.6 is 0 Å². The number of likely N-dealkylation sites (N-methyl/N-ethyl adjacent to an activating group) is 1. The summed E-state index contributed by atoms with van der Waals surface area (Å²) in [5.74, 6) is 0.216.